The molecule has 7 nitrogen and oxygen atoms in total. The van der Waals surface area contributed by atoms with E-state index in [0.29, 0.717) is 6.54 Å². The molecule has 0 bridgehead atoms. The fourth-order valence-electron chi connectivity index (χ4n) is 1.11. The van der Waals surface area contributed by atoms with E-state index in [1.165, 1.54) is 12.5 Å². The summed E-state index contributed by atoms with van der Waals surface area (Å²) in [5, 5.41) is 2.61. The Bertz CT molecular complexity index is 495. The number of hydrogen-bond donors (Lipinski definition) is 4. The molecule has 1 amide bonds. The third kappa shape index (κ3) is 2.13. The molecule has 78 valence electrons. The Morgan fingerprint density at radius 1 is 1.47 bits per heavy atom. The molecule has 0 radical (unpaired) electrons. The highest BCUT2D eigenvalue weighted by atomic mass is 16.2. The maximum absolute atomic E-state index is 11.4. The van der Waals surface area contributed by atoms with Gasteiger partial charge in [-0.1, -0.05) is 0 Å². The van der Waals surface area contributed by atoms with E-state index in [9.17, 15) is 9.59 Å². The summed E-state index contributed by atoms with van der Waals surface area (Å²) >= 11 is 0. The van der Waals surface area contributed by atoms with E-state index >= 15 is 0 Å². The van der Waals surface area contributed by atoms with E-state index < -0.39 is 5.69 Å². The smallest absolute Gasteiger partial charge is 0.323 e. The van der Waals surface area contributed by atoms with Crippen molar-refractivity contribution in [1.29, 1.82) is 0 Å². The average Bonchev–Trinajstić information content (AvgIpc) is 2.84. The standard InChI is InChI=1S/C8H9N5O2/c14-7(6-3-11-8(15)13-6)10-2-5-1-9-4-12-5/h1,3-4H,2H2,(H,9,12)(H,10,14)(H2,11,13,15). The van der Waals surface area contributed by atoms with Gasteiger partial charge < -0.3 is 20.3 Å². The van der Waals surface area contributed by atoms with Crippen LogP contribution in [-0.2, 0) is 6.54 Å². The fraction of sp³-hybridized carbons (Fsp3) is 0.125. The summed E-state index contributed by atoms with van der Waals surface area (Å²) in [6.45, 7) is 0.339. The van der Waals surface area contributed by atoms with Gasteiger partial charge in [-0.25, -0.2) is 9.78 Å². The van der Waals surface area contributed by atoms with Gasteiger partial charge in [-0.05, 0) is 0 Å². The van der Waals surface area contributed by atoms with Crippen LogP contribution >= 0.6 is 0 Å². The molecule has 0 fully saturated rings. The highest BCUT2D eigenvalue weighted by Gasteiger charge is 2.07. The molecule has 0 atom stereocenters. The van der Waals surface area contributed by atoms with E-state index in [0.717, 1.165) is 5.69 Å². The second kappa shape index (κ2) is 3.82. The zero-order chi connectivity index (χ0) is 10.7. The number of carbonyl (C=O) groups excluding carboxylic acids is 1. The zero-order valence-corrected chi connectivity index (χ0v) is 7.70. The molecule has 2 rings (SSSR count). The SMILES string of the molecule is O=C(NCc1cnc[nH]1)c1c[nH]c(=O)[nH]1. The predicted octanol–water partition coefficient (Wildman–Crippen LogP) is -0.644. The Labute approximate surface area is 83.9 Å². The maximum Gasteiger partial charge on any atom is 0.323 e. The minimum atomic E-state index is -0.401. The quantitative estimate of drug-likeness (QED) is 0.537. The maximum atomic E-state index is 11.4. The molecule has 0 aromatic carbocycles. The summed E-state index contributed by atoms with van der Waals surface area (Å²) in [5.41, 5.74) is 0.599. The molecule has 0 aliphatic rings. The number of imidazole rings is 2. The fourth-order valence-corrected chi connectivity index (χ4v) is 1.11. The molecular formula is C8H9N5O2. The third-order valence-corrected chi connectivity index (χ3v) is 1.83. The third-order valence-electron chi connectivity index (χ3n) is 1.83. The van der Waals surface area contributed by atoms with Crippen LogP contribution in [0.2, 0.25) is 0 Å². The van der Waals surface area contributed by atoms with Gasteiger partial charge in [-0.3, -0.25) is 4.79 Å². The van der Waals surface area contributed by atoms with E-state index in [1.54, 1.807) is 6.20 Å². The minimum absolute atomic E-state index is 0.208. The molecule has 7 heteroatoms. The molecule has 0 aliphatic carbocycles. The summed E-state index contributed by atoms with van der Waals surface area (Å²) < 4.78 is 0. The summed E-state index contributed by atoms with van der Waals surface area (Å²) in [4.78, 5) is 33.5. The molecule has 0 unspecified atom stereocenters. The Morgan fingerprint density at radius 3 is 2.93 bits per heavy atom. The number of nitrogens with one attached hydrogen (secondary N) is 4. The lowest BCUT2D eigenvalue weighted by Crippen LogP contribution is -2.23. The van der Waals surface area contributed by atoms with Gasteiger partial charge in [0.15, 0.2) is 0 Å². The molecule has 15 heavy (non-hydrogen) atoms. The lowest BCUT2D eigenvalue weighted by atomic mass is 10.4. The van der Waals surface area contributed by atoms with Gasteiger partial charge >= 0.3 is 5.69 Å². The Kier molecular flexibility index (Phi) is 2.36. The summed E-state index contributed by atoms with van der Waals surface area (Å²) in [5.74, 6) is -0.344. The van der Waals surface area contributed by atoms with Crippen molar-refractivity contribution in [3.8, 4) is 0 Å². The topological polar surface area (TPSA) is 106 Å². The van der Waals surface area contributed by atoms with E-state index in [1.807, 2.05) is 0 Å². The highest BCUT2D eigenvalue weighted by Crippen LogP contribution is 1.92. The zero-order valence-electron chi connectivity index (χ0n) is 7.70. The van der Waals surface area contributed by atoms with Crippen LogP contribution in [0.5, 0.6) is 0 Å². The molecule has 0 saturated carbocycles. The van der Waals surface area contributed by atoms with Gasteiger partial charge in [0.1, 0.15) is 5.69 Å². The molecule has 4 N–H and O–H groups in total. The Hall–Kier alpha value is -2.31. The number of H-pyrrole nitrogens is 3. The second-order valence-corrected chi connectivity index (χ2v) is 2.92. The van der Waals surface area contributed by atoms with Crippen molar-refractivity contribution < 1.29 is 4.79 Å². The number of rotatable bonds is 3. The number of aromatic amines is 3. The first-order chi connectivity index (χ1) is 7.25. The molecule has 0 aliphatic heterocycles. The molecular weight excluding hydrogens is 198 g/mol. The predicted molar refractivity (Wildman–Crippen MR) is 51.2 cm³/mol. The summed E-state index contributed by atoms with van der Waals surface area (Å²) in [6.07, 6.45) is 4.46. The van der Waals surface area contributed by atoms with Crippen LogP contribution in [0.15, 0.2) is 23.5 Å². The van der Waals surface area contributed by atoms with Crippen LogP contribution in [0.4, 0.5) is 0 Å². The highest BCUT2D eigenvalue weighted by molar-refractivity contribution is 5.91. The van der Waals surface area contributed by atoms with Crippen LogP contribution in [0.1, 0.15) is 16.2 Å². The Balaban J connectivity index is 1.96. The van der Waals surface area contributed by atoms with Crippen LogP contribution < -0.4 is 11.0 Å². The number of nitrogens with zero attached hydrogens (tertiary/aromatic N) is 1. The molecule has 0 saturated heterocycles. The van der Waals surface area contributed by atoms with Gasteiger partial charge in [0.25, 0.3) is 5.91 Å². The van der Waals surface area contributed by atoms with E-state index in [-0.39, 0.29) is 11.6 Å². The molecule has 0 spiro atoms. The minimum Gasteiger partial charge on any atom is -0.347 e. The Morgan fingerprint density at radius 2 is 2.33 bits per heavy atom. The van der Waals surface area contributed by atoms with Crippen molar-refractivity contribution in [2.75, 3.05) is 0 Å². The van der Waals surface area contributed by atoms with Crippen LogP contribution in [0.3, 0.4) is 0 Å². The monoisotopic (exact) mass is 207 g/mol. The van der Waals surface area contributed by atoms with Crippen molar-refractivity contribution in [2.45, 2.75) is 6.54 Å². The lowest BCUT2D eigenvalue weighted by Gasteiger charge is -1.99. The number of hydrogen-bond acceptors (Lipinski definition) is 3. The largest absolute Gasteiger partial charge is 0.347 e. The molecule has 2 aromatic rings. The second-order valence-electron chi connectivity index (χ2n) is 2.92. The van der Waals surface area contributed by atoms with Gasteiger partial charge in [0.05, 0.1) is 18.6 Å². The van der Waals surface area contributed by atoms with Crippen LogP contribution in [0.25, 0.3) is 0 Å². The first-order valence-electron chi connectivity index (χ1n) is 4.29. The lowest BCUT2D eigenvalue weighted by molar-refractivity contribution is 0.0946. The number of carbonyl (C=O) groups is 1. The van der Waals surface area contributed by atoms with Crippen molar-refractivity contribution >= 4 is 5.91 Å². The van der Waals surface area contributed by atoms with Crippen LogP contribution in [-0.4, -0.2) is 25.8 Å². The van der Waals surface area contributed by atoms with Crippen molar-refractivity contribution in [1.82, 2.24) is 25.3 Å². The van der Waals surface area contributed by atoms with E-state index in [2.05, 4.69) is 25.3 Å². The van der Waals surface area contributed by atoms with Gasteiger partial charge in [0, 0.05) is 12.4 Å². The van der Waals surface area contributed by atoms with Crippen LogP contribution in [0, 0.1) is 0 Å². The number of aromatic nitrogens is 4. The van der Waals surface area contributed by atoms with Gasteiger partial charge in [-0.15, -0.1) is 0 Å². The van der Waals surface area contributed by atoms with Crippen molar-refractivity contribution in [3.05, 3.63) is 40.6 Å². The van der Waals surface area contributed by atoms with Gasteiger partial charge in [-0.2, -0.15) is 0 Å². The summed E-state index contributed by atoms with van der Waals surface area (Å²) in [6, 6.07) is 0. The number of amides is 1. The van der Waals surface area contributed by atoms with E-state index in [4.69, 9.17) is 0 Å². The molecule has 2 aromatic heterocycles. The van der Waals surface area contributed by atoms with Crippen molar-refractivity contribution in [3.63, 3.8) is 0 Å². The first kappa shape index (κ1) is 9.25. The summed E-state index contributed by atoms with van der Waals surface area (Å²) in [7, 11) is 0. The molecule has 2 heterocycles. The van der Waals surface area contributed by atoms with Crippen molar-refractivity contribution in [2.24, 2.45) is 0 Å². The normalized spacial score (nSPS) is 10.1. The van der Waals surface area contributed by atoms with Gasteiger partial charge in [0.2, 0.25) is 0 Å². The average molecular weight is 207 g/mol. The first-order valence-corrected chi connectivity index (χ1v) is 4.29.